The first-order chi connectivity index (χ1) is 12.8. The number of amides is 1. The minimum atomic E-state index is -4.38. The number of halogens is 3. The van der Waals surface area contributed by atoms with Gasteiger partial charge in [-0.25, -0.2) is 4.98 Å². The highest BCUT2D eigenvalue weighted by Crippen LogP contribution is 2.33. The Hall–Kier alpha value is -2.74. The highest BCUT2D eigenvalue weighted by Gasteiger charge is 2.30. The molecule has 1 amide bonds. The maximum absolute atomic E-state index is 12.7. The molecule has 0 aliphatic heterocycles. The lowest BCUT2D eigenvalue weighted by Gasteiger charge is -2.15. The SMILES string of the molecule is Cc1nc(-c2ccc(C(F)(F)F)cc2)sc1C(=O)N(C)Cc1ccccn1. The van der Waals surface area contributed by atoms with E-state index in [1.165, 1.54) is 23.5 Å². The van der Waals surface area contributed by atoms with Crippen molar-refractivity contribution < 1.29 is 18.0 Å². The number of benzene rings is 1. The Morgan fingerprint density at radius 3 is 2.44 bits per heavy atom. The van der Waals surface area contributed by atoms with E-state index in [-0.39, 0.29) is 5.91 Å². The van der Waals surface area contributed by atoms with Gasteiger partial charge < -0.3 is 4.90 Å². The summed E-state index contributed by atoms with van der Waals surface area (Å²) in [5.41, 5.74) is 1.14. The van der Waals surface area contributed by atoms with Crippen molar-refractivity contribution in [2.45, 2.75) is 19.6 Å². The smallest absolute Gasteiger partial charge is 0.335 e. The molecule has 2 aromatic heterocycles. The normalized spacial score (nSPS) is 11.4. The third kappa shape index (κ3) is 4.33. The Kier molecular flexibility index (Phi) is 5.27. The van der Waals surface area contributed by atoms with E-state index in [0.717, 1.165) is 17.8 Å². The first-order valence-corrected chi connectivity index (χ1v) is 8.88. The molecular weight excluding hydrogens is 375 g/mol. The van der Waals surface area contributed by atoms with E-state index >= 15 is 0 Å². The molecule has 0 spiro atoms. The number of carbonyl (C=O) groups excluding carboxylic acids is 1. The van der Waals surface area contributed by atoms with Crippen LogP contribution in [0.1, 0.15) is 26.6 Å². The molecule has 4 nitrogen and oxygen atoms in total. The first-order valence-electron chi connectivity index (χ1n) is 8.06. The molecular formula is C19H16F3N3OS. The third-order valence-corrected chi connectivity index (χ3v) is 5.12. The van der Waals surface area contributed by atoms with Crippen LogP contribution in [0, 0.1) is 6.92 Å². The van der Waals surface area contributed by atoms with Gasteiger partial charge >= 0.3 is 6.18 Å². The summed E-state index contributed by atoms with van der Waals surface area (Å²) in [5, 5.41) is 0.510. The van der Waals surface area contributed by atoms with Crippen LogP contribution in [-0.4, -0.2) is 27.8 Å². The molecule has 3 aromatic rings. The van der Waals surface area contributed by atoms with Crippen LogP contribution in [0.3, 0.4) is 0 Å². The number of carbonyl (C=O) groups is 1. The molecule has 1 aromatic carbocycles. The zero-order valence-electron chi connectivity index (χ0n) is 14.6. The van der Waals surface area contributed by atoms with Gasteiger partial charge in [-0.1, -0.05) is 18.2 Å². The monoisotopic (exact) mass is 391 g/mol. The lowest BCUT2D eigenvalue weighted by Crippen LogP contribution is -2.26. The summed E-state index contributed by atoms with van der Waals surface area (Å²) in [7, 11) is 1.67. The lowest BCUT2D eigenvalue weighted by atomic mass is 10.1. The van der Waals surface area contributed by atoms with Crippen molar-refractivity contribution in [2.75, 3.05) is 7.05 Å². The van der Waals surface area contributed by atoms with Gasteiger partial charge in [0.1, 0.15) is 9.88 Å². The van der Waals surface area contributed by atoms with Crippen LogP contribution < -0.4 is 0 Å². The molecule has 0 fully saturated rings. The van der Waals surface area contributed by atoms with Crippen molar-refractivity contribution in [1.29, 1.82) is 0 Å². The van der Waals surface area contributed by atoms with Gasteiger partial charge in [-0.05, 0) is 31.2 Å². The molecule has 0 saturated carbocycles. The standard InChI is InChI=1S/C19H16F3N3OS/c1-12-16(18(26)25(2)11-15-5-3-4-10-23-15)27-17(24-12)13-6-8-14(9-7-13)19(20,21)22/h3-10H,11H2,1-2H3. The van der Waals surface area contributed by atoms with E-state index in [2.05, 4.69) is 9.97 Å². The average molecular weight is 391 g/mol. The minimum Gasteiger partial charge on any atom is -0.335 e. The molecule has 0 unspecified atom stereocenters. The summed E-state index contributed by atoms with van der Waals surface area (Å²) < 4.78 is 38.1. The zero-order chi connectivity index (χ0) is 19.6. The fourth-order valence-corrected chi connectivity index (χ4v) is 3.57. The molecule has 0 aliphatic rings. The van der Waals surface area contributed by atoms with Crippen molar-refractivity contribution in [1.82, 2.24) is 14.9 Å². The number of rotatable bonds is 4. The Labute approximate surface area is 158 Å². The van der Waals surface area contributed by atoms with Gasteiger partial charge in [0.25, 0.3) is 5.91 Å². The Balaban J connectivity index is 1.80. The number of alkyl halides is 3. The van der Waals surface area contributed by atoms with Crippen LogP contribution in [0.2, 0.25) is 0 Å². The van der Waals surface area contributed by atoms with Gasteiger partial charge in [0.05, 0.1) is 23.5 Å². The maximum Gasteiger partial charge on any atom is 0.416 e. The fourth-order valence-electron chi connectivity index (χ4n) is 2.50. The molecule has 140 valence electrons. The summed E-state index contributed by atoms with van der Waals surface area (Å²) in [6.07, 6.45) is -2.72. The number of nitrogens with zero attached hydrogens (tertiary/aromatic N) is 3. The van der Waals surface area contributed by atoms with Gasteiger partial charge in [0, 0.05) is 18.8 Å². The van der Waals surface area contributed by atoms with Gasteiger partial charge in [-0.3, -0.25) is 9.78 Å². The van der Waals surface area contributed by atoms with Crippen LogP contribution in [0.4, 0.5) is 13.2 Å². The van der Waals surface area contributed by atoms with Crippen molar-refractivity contribution >= 4 is 17.2 Å². The van der Waals surface area contributed by atoms with Gasteiger partial charge in [-0.15, -0.1) is 11.3 Å². The Morgan fingerprint density at radius 2 is 1.85 bits per heavy atom. The number of hydrogen-bond donors (Lipinski definition) is 0. The second-order valence-electron chi connectivity index (χ2n) is 5.99. The lowest BCUT2D eigenvalue weighted by molar-refractivity contribution is -0.137. The summed E-state index contributed by atoms with van der Waals surface area (Å²) >= 11 is 1.17. The summed E-state index contributed by atoms with van der Waals surface area (Å²) in [6.45, 7) is 2.07. The summed E-state index contributed by atoms with van der Waals surface area (Å²) in [6, 6.07) is 10.2. The molecule has 0 aliphatic carbocycles. The second-order valence-corrected chi connectivity index (χ2v) is 6.99. The number of hydrogen-bond acceptors (Lipinski definition) is 4. The van der Waals surface area contributed by atoms with Gasteiger partial charge in [0.15, 0.2) is 0 Å². The summed E-state index contributed by atoms with van der Waals surface area (Å²) in [4.78, 5) is 23.3. The third-order valence-electron chi connectivity index (χ3n) is 3.92. The quantitative estimate of drug-likeness (QED) is 0.642. The Morgan fingerprint density at radius 1 is 1.15 bits per heavy atom. The highest BCUT2D eigenvalue weighted by atomic mass is 32.1. The second kappa shape index (κ2) is 7.48. The van der Waals surface area contributed by atoms with E-state index in [0.29, 0.717) is 27.7 Å². The van der Waals surface area contributed by atoms with Crippen LogP contribution in [0.5, 0.6) is 0 Å². The van der Waals surface area contributed by atoms with Crippen LogP contribution in [0.15, 0.2) is 48.7 Å². The van der Waals surface area contributed by atoms with Crippen LogP contribution in [0.25, 0.3) is 10.6 Å². The molecule has 0 saturated heterocycles. The van der Waals surface area contributed by atoms with E-state index in [9.17, 15) is 18.0 Å². The van der Waals surface area contributed by atoms with E-state index in [1.807, 2.05) is 12.1 Å². The molecule has 3 rings (SSSR count). The molecule has 0 radical (unpaired) electrons. The van der Waals surface area contributed by atoms with Crippen molar-refractivity contribution in [3.63, 3.8) is 0 Å². The van der Waals surface area contributed by atoms with E-state index in [4.69, 9.17) is 0 Å². The number of aryl methyl sites for hydroxylation is 1. The number of pyridine rings is 1. The van der Waals surface area contributed by atoms with Crippen LogP contribution >= 0.6 is 11.3 Å². The van der Waals surface area contributed by atoms with Gasteiger partial charge in [-0.2, -0.15) is 13.2 Å². The molecule has 8 heteroatoms. The predicted octanol–water partition coefficient (Wildman–Crippen LogP) is 4.80. The minimum absolute atomic E-state index is 0.200. The molecule has 0 bridgehead atoms. The van der Waals surface area contributed by atoms with E-state index in [1.54, 1.807) is 31.1 Å². The van der Waals surface area contributed by atoms with Crippen molar-refractivity contribution in [3.05, 3.63) is 70.5 Å². The van der Waals surface area contributed by atoms with Crippen molar-refractivity contribution in [3.8, 4) is 10.6 Å². The zero-order valence-corrected chi connectivity index (χ0v) is 15.4. The Bertz CT molecular complexity index is 937. The number of thiazole rings is 1. The van der Waals surface area contributed by atoms with Crippen molar-refractivity contribution in [2.24, 2.45) is 0 Å². The molecule has 0 N–H and O–H groups in total. The molecule has 2 heterocycles. The molecule has 0 atom stereocenters. The van der Waals surface area contributed by atoms with Crippen LogP contribution in [-0.2, 0) is 12.7 Å². The largest absolute Gasteiger partial charge is 0.416 e. The molecule has 27 heavy (non-hydrogen) atoms. The highest BCUT2D eigenvalue weighted by molar-refractivity contribution is 7.17. The fraction of sp³-hybridized carbons (Fsp3) is 0.211. The van der Waals surface area contributed by atoms with E-state index < -0.39 is 11.7 Å². The average Bonchev–Trinajstić information content (AvgIpc) is 3.03. The first kappa shape index (κ1) is 19.0. The summed E-state index contributed by atoms with van der Waals surface area (Å²) in [5.74, 6) is -0.200. The topological polar surface area (TPSA) is 46.1 Å². The van der Waals surface area contributed by atoms with Gasteiger partial charge in [0.2, 0.25) is 0 Å². The maximum atomic E-state index is 12.7. The number of aromatic nitrogens is 2. The predicted molar refractivity (Wildman–Crippen MR) is 97.3 cm³/mol.